The van der Waals surface area contributed by atoms with Crippen molar-refractivity contribution in [3.8, 4) is 0 Å². The molecule has 0 aromatic rings. The van der Waals surface area contributed by atoms with Gasteiger partial charge < -0.3 is 4.18 Å². The van der Waals surface area contributed by atoms with Crippen LogP contribution in [0.1, 0.15) is 20.3 Å². The first-order valence-electron chi connectivity index (χ1n) is 3.31. The first kappa shape index (κ1) is 7.54. The lowest BCUT2D eigenvalue weighted by Gasteiger charge is -2.12. The average Bonchev–Trinajstić information content (AvgIpc) is 1.88. The van der Waals surface area contributed by atoms with E-state index in [9.17, 15) is 0 Å². The highest BCUT2D eigenvalue weighted by atomic mass is 32.2. The van der Waals surface area contributed by atoms with Crippen molar-refractivity contribution in [2.45, 2.75) is 20.3 Å². The van der Waals surface area contributed by atoms with Crippen LogP contribution in [0.15, 0.2) is 23.6 Å². The summed E-state index contributed by atoms with van der Waals surface area (Å²) in [6.07, 6.45) is 5.16. The summed E-state index contributed by atoms with van der Waals surface area (Å²) >= 11 is 1.26. The summed E-state index contributed by atoms with van der Waals surface area (Å²) in [5, 5.41) is 0. The van der Waals surface area contributed by atoms with Crippen LogP contribution in [0.2, 0.25) is 0 Å². The Bertz CT molecular complexity index is 174. The van der Waals surface area contributed by atoms with Crippen LogP contribution in [0.4, 0.5) is 0 Å². The smallest absolute Gasteiger partial charge is 0.176 e. The first-order chi connectivity index (χ1) is 4.83. The molecule has 3 heteroatoms. The van der Waals surface area contributed by atoms with Gasteiger partial charge in [0.1, 0.15) is 5.76 Å². The predicted molar refractivity (Wildman–Crippen MR) is 43.9 cm³/mol. The lowest BCUT2D eigenvalue weighted by atomic mass is 10.3. The largest absolute Gasteiger partial charge is 0.410 e. The van der Waals surface area contributed by atoms with Crippen molar-refractivity contribution in [3.05, 3.63) is 23.6 Å². The highest BCUT2D eigenvalue weighted by Gasteiger charge is 2.02. The van der Waals surface area contributed by atoms with Crippen LogP contribution >= 0.6 is 12.2 Å². The molecule has 0 aliphatic carbocycles. The van der Waals surface area contributed by atoms with Crippen LogP contribution in [0.3, 0.4) is 0 Å². The van der Waals surface area contributed by atoms with Crippen LogP contribution in [-0.2, 0) is 4.18 Å². The minimum absolute atomic E-state index is 0.948. The number of nitrogens with one attached hydrogen (secondary N) is 1. The summed E-state index contributed by atoms with van der Waals surface area (Å²) in [5.41, 5.74) is 1.14. The Balaban J connectivity index is 2.62. The van der Waals surface area contributed by atoms with E-state index < -0.39 is 0 Å². The molecule has 0 saturated heterocycles. The van der Waals surface area contributed by atoms with Crippen LogP contribution in [0, 0.1) is 0 Å². The topological polar surface area (TPSA) is 21.3 Å². The summed E-state index contributed by atoms with van der Waals surface area (Å²) < 4.78 is 8.11. The molecule has 0 atom stereocenters. The second kappa shape index (κ2) is 3.56. The minimum Gasteiger partial charge on any atom is -0.410 e. The quantitative estimate of drug-likeness (QED) is 0.466. The molecule has 1 N–H and O–H groups in total. The molecule has 0 fully saturated rings. The van der Waals surface area contributed by atoms with Crippen molar-refractivity contribution in [2.24, 2.45) is 0 Å². The van der Waals surface area contributed by atoms with E-state index in [0.717, 1.165) is 17.9 Å². The summed E-state index contributed by atoms with van der Waals surface area (Å²) in [4.78, 5) is 0. The van der Waals surface area contributed by atoms with Crippen molar-refractivity contribution in [2.75, 3.05) is 0 Å². The molecule has 1 aliphatic rings. The number of hydrogen-bond acceptors (Lipinski definition) is 3. The van der Waals surface area contributed by atoms with Gasteiger partial charge >= 0.3 is 0 Å². The van der Waals surface area contributed by atoms with Gasteiger partial charge in [0.2, 0.25) is 0 Å². The van der Waals surface area contributed by atoms with Crippen LogP contribution in [0.5, 0.6) is 0 Å². The molecule has 0 aromatic heterocycles. The van der Waals surface area contributed by atoms with E-state index in [2.05, 4.69) is 17.7 Å². The third-order valence-electron chi connectivity index (χ3n) is 1.12. The molecule has 0 bridgehead atoms. The van der Waals surface area contributed by atoms with E-state index in [1.807, 2.05) is 13.0 Å². The Labute approximate surface area is 65.7 Å². The summed E-state index contributed by atoms with van der Waals surface area (Å²) in [7, 11) is 0. The summed E-state index contributed by atoms with van der Waals surface area (Å²) in [5.74, 6) is 0.948. The number of rotatable bonds is 1. The van der Waals surface area contributed by atoms with Gasteiger partial charge in [-0.2, -0.15) is 0 Å². The molecule has 1 heterocycles. The zero-order chi connectivity index (χ0) is 7.40. The van der Waals surface area contributed by atoms with E-state index in [0.29, 0.717) is 0 Å². The van der Waals surface area contributed by atoms with Crippen molar-refractivity contribution < 1.29 is 4.18 Å². The van der Waals surface area contributed by atoms with Gasteiger partial charge in [0.15, 0.2) is 12.2 Å². The Morgan fingerprint density at radius 3 is 3.20 bits per heavy atom. The van der Waals surface area contributed by atoms with Crippen molar-refractivity contribution in [1.29, 1.82) is 0 Å². The number of allylic oxidation sites excluding steroid dienone is 3. The zero-order valence-electron chi connectivity index (χ0n) is 6.18. The van der Waals surface area contributed by atoms with Gasteiger partial charge in [-0.3, -0.25) is 4.72 Å². The van der Waals surface area contributed by atoms with Gasteiger partial charge in [-0.15, -0.1) is 0 Å². The zero-order valence-corrected chi connectivity index (χ0v) is 6.99. The highest BCUT2D eigenvalue weighted by Crippen LogP contribution is 2.17. The molecular formula is C7H11NOS. The van der Waals surface area contributed by atoms with Crippen molar-refractivity contribution in [3.63, 3.8) is 0 Å². The Morgan fingerprint density at radius 2 is 2.60 bits per heavy atom. The first-order valence-corrected chi connectivity index (χ1v) is 4.05. The van der Waals surface area contributed by atoms with E-state index >= 15 is 0 Å². The molecule has 0 aromatic carbocycles. The Kier molecular flexibility index (Phi) is 2.68. The van der Waals surface area contributed by atoms with Gasteiger partial charge in [-0.25, -0.2) is 0 Å². The molecule has 0 unspecified atom stereocenters. The summed E-state index contributed by atoms with van der Waals surface area (Å²) in [6.45, 7) is 4.05. The SMILES string of the molecule is CCC=C1C=C(C)OSN1. The van der Waals surface area contributed by atoms with Gasteiger partial charge in [0, 0.05) is 11.8 Å². The third-order valence-corrected chi connectivity index (χ3v) is 1.78. The molecular weight excluding hydrogens is 146 g/mol. The summed E-state index contributed by atoms with van der Waals surface area (Å²) in [6, 6.07) is 0. The normalized spacial score (nSPS) is 21.4. The minimum atomic E-state index is 0.948. The fourth-order valence-corrected chi connectivity index (χ4v) is 1.19. The lowest BCUT2D eigenvalue weighted by molar-refractivity contribution is 0.489. The molecule has 0 radical (unpaired) electrons. The molecule has 10 heavy (non-hydrogen) atoms. The number of hydrogen-bond donors (Lipinski definition) is 1. The van der Waals surface area contributed by atoms with Gasteiger partial charge in [0.05, 0.1) is 0 Å². The molecule has 56 valence electrons. The molecule has 0 amide bonds. The van der Waals surface area contributed by atoms with E-state index in [1.165, 1.54) is 12.2 Å². The maximum atomic E-state index is 5.08. The van der Waals surface area contributed by atoms with Crippen molar-refractivity contribution in [1.82, 2.24) is 4.72 Å². The average molecular weight is 157 g/mol. The highest BCUT2D eigenvalue weighted by molar-refractivity contribution is 7.93. The fraction of sp³-hybridized carbons (Fsp3) is 0.429. The van der Waals surface area contributed by atoms with E-state index in [4.69, 9.17) is 4.18 Å². The molecule has 1 aliphatic heterocycles. The van der Waals surface area contributed by atoms with Crippen molar-refractivity contribution >= 4 is 12.2 Å². The second-order valence-electron chi connectivity index (χ2n) is 2.09. The Morgan fingerprint density at radius 1 is 1.80 bits per heavy atom. The fourth-order valence-electron chi connectivity index (χ4n) is 0.728. The Hall–Kier alpha value is -0.570. The standard InChI is InChI=1S/C7H11NOS/c1-3-4-7-5-6(2)9-10-8-7/h4-5,8H,3H2,1-2H3. The monoisotopic (exact) mass is 157 g/mol. The van der Waals surface area contributed by atoms with Crippen LogP contribution in [-0.4, -0.2) is 0 Å². The lowest BCUT2D eigenvalue weighted by Crippen LogP contribution is -2.07. The van der Waals surface area contributed by atoms with Crippen LogP contribution in [0.25, 0.3) is 0 Å². The third kappa shape index (κ3) is 1.99. The molecule has 2 nitrogen and oxygen atoms in total. The van der Waals surface area contributed by atoms with Crippen LogP contribution < -0.4 is 4.72 Å². The molecule has 0 spiro atoms. The molecule has 0 saturated carbocycles. The van der Waals surface area contributed by atoms with E-state index in [-0.39, 0.29) is 0 Å². The van der Waals surface area contributed by atoms with Gasteiger partial charge in [0.25, 0.3) is 0 Å². The predicted octanol–water partition coefficient (Wildman–Crippen LogP) is 2.37. The van der Waals surface area contributed by atoms with Gasteiger partial charge in [-0.05, 0) is 13.3 Å². The van der Waals surface area contributed by atoms with E-state index in [1.54, 1.807) is 0 Å². The van der Waals surface area contributed by atoms with Gasteiger partial charge in [-0.1, -0.05) is 13.0 Å². The maximum Gasteiger partial charge on any atom is 0.176 e. The second-order valence-corrected chi connectivity index (χ2v) is 2.63. The molecule has 1 rings (SSSR count). The maximum absolute atomic E-state index is 5.08.